The molecule has 0 atom stereocenters. The lowest BCUT2D eigenvalue weighted by molar-refractivity contribution is -0.115. The van der Waals surface area contributed by atoms with E-state index in [1.807, 2.05) is 19.1 Å². The van der Waals surface area contributed by atoms with Crippen LogP contribution in [0.15, 0.2) is 18.2 Å². The molecule has 0 saturated carbocycles. The van der Waals surface area contributed by atoms with Crippen LogP contribution in [0.25, 0.3) is 0 Å². The molecule has 0 aliphatic heterocycles. The predicted molar refractivity (Wildman–Crippen MR) is 63.3 cm³/mol. The summed E-state index contributed by atoms with van der Waals surface area (Å²) in [5.74, 6) is 0.474. The molecule has 4 heteroatoms. The van der Waals surface area contributed by atoms with E-state index in [1.165, 1.54) is 0 Å². The zero-order valence-corrected chi connectivity index (χ0v) is 9.53. The average Bonchev–Trinajstić information content (AvgIpc) is 2.12. The minimum absolute atomic E-state index is 0.0625. The van der Waals surface area contributed by atoms with Gasteiger partial charge in [-0.3, -0.25) is 4.79 Å². The van der Waals surface area contributed by atoms with E-state index in [0.29, 0.717) is 22.9 Å². The van der Waals surface area contributed by atoms with Gasteiger partial charge >= 0.3 is 0 Å². The van der Waals surface area contributed by atoms with Crippen molar-refractivity contribution < 1.29 is 4.79 Å². The van der Waals surface area contributed by atoms with Crippen LogP contribution < -0.4 is 5.32 Å². The molecule has 0 bridgehead atoms. The lowest BCUT2D eigenvalue weighted by Gasteiger charge is -2.06. The van der Waals surface area contributed by atoms with Crippen molar-refractivity contribution in [3.05, 3.63) is 28.8 Å². The number of carbonyl (C=O) groups is 1. The fourth-order valence-electron chi connectivity index (χ4n) is 1.05. The summed E-state index contributed by atoms with van der Waals surface area (Å²) in [4.78, 5) is 11.3. The number of carbonyl (C=O) groups excluding carboxylic acids is 1. The molecule has 1 aromatic carbocycles. The Hall–Kier alpha value is -0.670. The topological polar surface area (TPSA) is 29.1 Å². The fraction of sp³-hybridized carbons (Fsp3) is 0.300. The van der Waals surface area contributed by atoms with Crippen molar-refractivity contribution in [2.45, 2.75) is 13.3 Å². The summed E-state index contributed by atoms with van der Waals surface area (Å²) in [6.07, 6.45) is 0.396. The third-order valence-electron chi connectivity index (χ3n) is 1.73. The summed E-state index contributed by atoms with van der Waals surface area (Å²) in [6.45, 7) is 1.95. The van der Waals surface area contributed by atoms with Gasteiger partial charge in [0.25, 0.3) is 0 Å². The fourth-order valence-corrected chi connectivity index (χ4v) is 1.42. The number of hydrogen-bond donors (Lipinski definition) is 2. The van der Waals surface area contributed by atoms with Gasteiger partial charge in [-0.15, -0.1) is 0 Å². The molecule has 1 rings (SSSR count). The van der Waals surface area contributed by atoms with Crippen molar-refractivity contribution in [3.8, 4) is 0 Å². The molecule has 0 unspecified atom stereocenters. The van der Waals surface area contributed by atoms with Crippen molar-refractivity contribution >= 4 is 35.8 Å². The molecule has 0 spiro atoms. The molecule has 0 aromatic heterocycles. The third-order valence-corrected chi connectivity index (χ3v) is 2.29. The summed E-state index contributed by atoms with van der Waals surface area (Å²) in [6, 6.07) is 5.52. The number of halogens is 1. The largest absolute Gasteiger partial charge is 0.325 e. The van der Waals surface area contributed by atoms with Crippen LogP contribution in [0.2, 0.25) is 5.02 Å². The summed E-state index contributed by atoms with van der Waals surface area (Å²) >= 11 is 9.89. The SMILES string of the molecule is Cc1ccc(Cl)c(NC(=O)CCS)c1. The minimum Gasteiger partial charge on any atom is -0.325 e. The van der Waals surface area contributed by atoms with Gasteiger partial charge in [0.05, 0.1) is 10.7 Å². The number of thiol groups is 1. The van der Waals surface area contributed by atoms with E-state index in [9.17, 15) is 4.79 Å². The van der Waals surface area contributed by atoms with Crippen molar-refractivity contribution in [2.24, 2.45) is 0 Å². The van der Waals surface area contributed by atoms with E-state index in [2.05, 4.69) is 17.9 Å². The van der Waals surface area contributed by atoms with Gasteiger partial charge in [0.2, 0.25) is 5.91 Å². The number of aryl methyl sites for hydroxylation is 1. The van der Waals surface area contributed by atoms with Crippen molar-refractivity contribution in [3.63, 3.8) is 0 Å². The first-order valence-corrected chi connectivity index (χ1v) is 5.31. The van der Waals surface area contributed by atoms with Crippen molar-refractivity contribution in [1.82, 2.24) is 0 Å². The Morgan fingerprint density at radius 3 is 2.93 bits per heavy atom. The lowest BCUT2D eigenvalue weighted by atomic mass is 10.2. The number of anilines is 1. The highest BCUT2D eigenvalue weighted by atomic mass is 35.5. The van der Waals surface area contributed by atoms with Crippen LogP contribution in [0.4, 0.5) is 5.69 Å². The predicted octanol–water partition coefficient (Wildman–Crippen LogP) is 2.91. The third kappa shape index (κ3) is 3.24. The molecule has 0 fully saturated rings. The quantitative estimate of drug-likeness (QED) is 0.767. The van der Waals surface area contributed by atoms with Gasteiger partial charge < -0.3 is 5.32 Å². The van der Waals surface area contributed by atoms with Crippen LogP contribution >= 0.6 is 24.2 Å². The van der Waals surface area contributed by atoms with Crippen LogP contribution in [-0.2, 0) is 4.79 Å². The standard InChI is InChI=1S/C10H12ClNOS/c1-7-2-3-8(11)9(6-7)12-10(13)4-5-14/h2-3,6,14H,4-5H2,1H3,(H,12,13). The van der Waals surface area contributed by atoms with Crippen LogP contribution in [-0.4, -0.2) is 11.7 Å². The molecule has 0 aliphatic carbocycles. The first-order chi connectivity index (χ1) is 6.63. The number of nitrogens with one attached hydrogen (secondary N) is 1. The molecular formula is C10H12ClNOS. The molecule has 14 heavy (non-hydrogen) atoms. The Balaban J connectivity index is 2.75. The Kier molecular flexibility index (Phi) is 4.29. The minimum atomic E-state index is -0.0625. The first-order valence-electron chi connectivity index (χ1n) is 4.30. The van der Waals surface area contributed by atoms with Gasteiger partial charge in [0.15, 0.2) is 0 Å². The second-order valence-electron chi connectivity index (χ2n) is 3.01. The van der Waals surface area contributed by atoms with Gasteiger partial charge in [0.1, 0.15) is 0 Å². The summed E-state index contributed by atoms with van der Waals surface area (Å²) in [5.41, 5.74) is 1.73. The van der Waals surface area contributed by atoms with Crippen LogP contribution in [0.3, 0.4) is 0 Å². The van der Waals surface area contributed by atoms with Gasteiger partial charge in [-0.25, -0.2) is 0 Å². The number of amides is 1. The normalized spacial score (nSPS) is 9.93. The molecular weight excluding hydrogens is 218 g/mol. The number of benzene rings is 1. The van der Waals surface area contributed by atoms with Gasteiger partial charge in [0, 0.05) is 6.42 Å². The highest BCUT2D eigenvalue weighted by Crippen LogP contribution is 2.22. The van der Waals surface area contributed by atoms with Crippen LogP contribution in [0.1, 0.15) is 12.0 Å². The summed E-state index contributed by atoms with van der Waals surface area (Å²) in [5, 5.41) is 3.29. The second kappa shape index (κ2) is 5.27. The molecule has 0 heterocycles. The zero-order chi connectivity index (χ0) is 10.6. The zero-order valence-electron chi connectivity index (χ0n) is 7.88. The van der Waals surface area contributed by atoms with E-state index < -0.39 is 0 Å². The summed E-state index contributed by atoms with van der Waals surface area (Å²) < 4.78 is 0. The van der Waals surface area contributed by atoms with E-state index in [1.54, 1.807) is 6.07 Å². The maximum atomic E-state index is 11.3. The molecule has 76 valence electrons. The van der Waals surface area contributed by atoms with Gasteiger partial charge in [-0.05, 0) is 30.4 Å². The van der Waals surface area contributed by atoms with E-state index >= 15 is 0 Å². The maximum Gasteiger partial charge on any atom is 0.225 e. The Bertz CT molecular complexity index is 341. The Morgan fingerprint density at radius 1 is 1.57 bits per heavy atom. The first kappa shape index (κ1) is 11.4. The molecule has 0 aliphatic rings. The van der Waals surface area contributed by atoms with Gasteiger partial charge in [-0.2, -0.15) is 12.6 Å². The number of hydrogen-bond acceptors (Lipinski definition) is 2. The van der Waals surface area contributed by atoms with Crippen molar-refractivity contribution in [1.29, 1.82) is 0 Å². The van der Waals surface area contributed by atoms with Gasteiger partial charge in [-0.1, -0.05) is 17.7 Å². The smallest absolute Gasteiger partial charge is 0.225 e. The lowest BCUT2D eigenvalue weighted by Crippen LogP contribution is -2.12. The Morgan fingerprint density at radius 2 is 2.29 bits per heavy atom. The van der Waals surface area contributed by atoms with E-state index in [4.69, 9.17) is 11.6 Å². The highest BCUT2D eigenvalue weighted by Gasteiger charge is 2.04. The molecule has 0 saturated heterocycles. The van der Waals surface area contributed by atoms with Crippen LogP contribution in [0, 0.1) is 6.92 Å². The molecule has 2 nitrogen and oxygen atoms in total. The highest BCUT2D eigenvalue weighted by molar-refractivity contribution is 7.80. The number of rotatable bonds is 3. The monoisotopic (exact) mass is 229 g/mol. The molecule has 0 radical (unpaired) electrons. The summed E-state index contributed by atoms with van der Waals surface area (Å²) in [7, 11) is 0. The van der Waals surface area contributed by atoms with E-state index in [0.717, 1.165) is 5.56 Å². The maximum absolute atomic E-state index is 11.3. The molecule has 1 aromatic rings. The molecule has 1 amide bonds. The molecule has 1 N–H and O–H groups in total. The van der Waals surface area contributed by atoms with E-state index in [-0.39, 0.29) is 5.91 Å². The second-order valence-corrected chi connectivity index (χ2v) is 3.86. The Labute approximate surface area is 94.1 Å². The van der Waals surface area contributed by atoms with Crippen LogP contribution in [0.5, 0.6) is 0 Å². The average molecular weight is 230 g/mol. The van der Waals surface area contributed by atoms with Crippen molar-refractivity contribution in [2.75, 3.05) is 11.1 Å².